The summed E-state index contributed by atoms with van der Waals surface area (Å²) in [6, 6.07) is 4.00. The number of carbonyl (C=O) groups is 1. The Bertz CT molecular complexity index is 698. The Kier molecular flexibility index (Phi) is 4.95. The molecule has 0 spiro atoms. The molecule has 0 N–H and O–H groups in total. The summed E-state index contributed by atoms with van der Waals surface area (Å²) in [6.07, 6.45) is 5.68. The first-order valence-corrected chi connectivity index (χ1v) is 8.98. The van der Waals surface area contributed by atoms with Gasteiger partial charge in [-0.3, -0.25) is 4.79 Å². The number of nitrogens with zero attached hydrogens (tertiary/aromatic N) is 3. The van der Waals surface area contributed by atoms with Crippen molar-refractivity contribution in [3.05, 3.63) is 28.1 Å². The van der Waals surface area contributed by atoms with E-state index in [1.165, 1.54) is 30.6 Å². The monoisotopic (exact) mass is 335 g/mol. The first-order chi connectivity index (χ1) is 11.2. The van der Waals surface area contributed by atoms with Gasteiger partial charge < -0.3 is 9.32 Å². The molecule has 7 heteroatoms. The zero-order chi connectivity index (χ0) is 16.2. The molecule has 0 unspecified atom stereocenters. The lowest BCUT2D eigenvalue weighted by Gasteiger charge is -2.33. The fourth-order valence-electron chi connectivity index (χ4n) is 3.16. The number of hydrogen-bond acceptors (Lipinski definition) is 5. The Labute approximate surface area is 138 Å². The Morgan fingerprint density at radius 2 is 2.22 bits per heavy atom. The highest BCUT2D eigenvalue weighted by atomic mass is 32.1. The molecule has 2 aromatic rings. The van der Waals surface area contributed by atoms with E-state index in [9.17, 15) is 9.59 Å². The average Bonchev–Trinajstić information content (AvgIpc) is 3.20. The molecule has 2 aromatic heterocycles. The summed E-state index contributed by atoms with van der Waals surface area (Å²) in [5.74, 6) is -0.368. The first-order valence-electron chi connectivity index (χ1n) is 8.10. The van der Waals surface area contributed by atoms with Crippen molar-refractivity contribution in [1.29, 1.82) is 0 Å². The van der Waals surface area contributed by atoms with Crippen LogP contribution in [0.15, 0.2) is 26.7 Å². The third-order valence-corrected chi connectivity index (χ3v) is 5.16. The predicted octanol–water partition coefficient (Wildman–Crippen LogP) is 2.75. The molecule has 6 nitrogen and oxygen atoms in total. The van der Waals surface area contributed by atoms with Crippen LogP contribution < -0.4 is 5.76 Å². The van der Waals surface area contributed by atoms with Crippen LogP contribution in [-0.2, 0) is 11.3 Å². The van der Waals surface area contributed by atoms with E-state index in [1.807, 2.05) is 29.3 Å². The maximum absolute atomic E-state index is 12.6. The standard InChI is InChI=1S/C16H21N3O3S/c1-2-18(12-7-4-3-5-8-12)14(20)11-19-16(21)22-15(17-19)13-9-6-10-23-13/h6,9-10,12H,2-5,7-8,11H2,1H3. The fraction of sp³-hybridized carbons (Fsp3) is 0.562. The molecule has 124 valence electrons. The second kappa shape index (κ2) is 7.12. The van der Waals surface area contributed by atoms with Crippen LogP contribution >= 0.6 is 11.3 Å². The van der Waals surface area contributed by atoms with Crippen LogP contribution in [0.5, 0.6) is 0 Å². The second-order valence-corrected chi connectivity index (χ2v) is 6.73. The van der Waals surface area contributed by atoms with Crippen molar-refractivity contribution in [1.82, 2.24) is 14.7 Å². The lowest BCUT2D eigenvalue weighted by molar-refractivity contribution is -0.134. The number of aromatic nitrogens is 2. The molecule has 0 saturated heterocycles. The lowest BCUT2D eigenvalue weighted by atomic mass is 9.94. The molecule has 23 heavy (non-hydrogen) atoms. The van der Waals surface area contributed by atoms with Crippen molar-refractivity contribution in [3.8, 4) is 10.8 Å². The number of hydrogen-bond donors (Lipinski definition) is 0. The third kappa shape index (κ3) is 3.55. The van der Waals surface area contributed by atoms with Gasteiger partial charge in [-0.15, -0.1) is 16.4 Å². The van der Waals surface area contributed by atoms with Crippen molar-refractivity contribution >= 4 is 17.2 Å². The van der Waals surface area contributed by atoms with Crippen molar-refractivity contribution in [2.24, 2.45) is 0 Å². The minimum atomic E-state index is -0.582. The number of amides is 1. The summed E-state index contributed by atoms with van der Waals surface area (Å²) < 4.78 is 6.28. The van der Waals surface area contributed by atoms with Crippen LogP contribution in [0.1, 0.15) is 39.0 Å². The van der Waals surface area contributed by atoms with Gasteiger partial charge in [-0.2, -0.15) is 4.68 Å². The average molecular weight is 335 g/mol. The van der Waals surface area contributed by atoms with Gasteiger partial charge in [0.1, 0.15) is 6.54 Å². The highest BCUT2D eigenvalue weighted by molar-refractivity contribution is 7.13. The molecule has 1 aliphatic carbocycles. The van der Waals surface area contributed by atoms with E-state index in [1.54, 1.807) is 0 Å². The van der Waals surface area contributed by atoms with E-state index >= 15 is 0 Å². The maximum atomic E-state index is 12.6. The molecule has 0 aliphatic heterocycles. The van der Waals surface area contributed by atoms with E-state index in [2.05, 4.69) is 5.10 Å². The zero-order valence-corrected chi connectivity index (χ0v) is 14.1. The van der Waals surface area contributed by atoms with Crippen molar-refractivity contribution in [3.63, 3.8) is 0 Å². The lowest BCUT2D eigenvalue weighted by Crippen LogP contribution is -2.43. The van der Waals surface area contributed by atoms with Crippen LogP contribution in [0.3, 0.4) is 0 Å². The molecule has 0 bridgehead atoms. The van der Waals surface area contributed by atoms with Crippen molar-refractivity contribution < 1.29 is 9.21 Å². The Balaban J connectivity index is 1.73. The highest BCUT2D eigenvalue weighted by Crippen LogP contribution is 2.23. The molecule has 1 fully saturated rings. The van der Waals surface area contributed by atoms with Gasteiger partial charge in [0.05, 0.1) is 4.88 Å². The van der Waals surface area contributed by atoms with E-state index in [-0.39, 0.29) is 18.3 Å². The molecule has 1 saturated carbocycles. The molecule has 1 amide bonds. The van der Waals surface area contributed by atoms with Gasteiger partial charge in [0.2, 0.25) is 5.91 Å². The molecule has 0 radical (unpaired) electrons. The molecular formula is C16H21N3O3S. The Morgan fingerprint density at radius 3 is 2.87 bits per heavy atom. The minimum Gasteiger partial charge on any atom is -0.387 e. The summed E-state index contributed by atoms with van der Waals surface area (Å²) in [4.78, 5) is 27.2. The summed E-state index contributed by atoms with van der Waals surface area (Å²) in [5.41, 5.74) is 0. The second-order valence-electron chi connectivity index (χ2n) is 5.78. The SMILES string of the molecule is CCN(C(=O)Cn1nc(-c2cccs2)oc1=O)C1CCCCC1. The Morgan fingerprint density at radius 1 is 1.43 bits per heavy atom. The summed E-state index contributed by atoms with van der Waals surface area (Å²) in [6.45, 7) is 2.58. The first kappa shape index (κ1) is 16.0. The van der Waals surface area contributed by atoms with Gasteiger partial charge in [-0.05, 0) is 31.2 Å². The minimum absolute atomic E-state index is 0.0575. The van der Waals surface area contributed by atoms with E-state index in [0.29, 0.717) is 12.6 Å². The molecular weight excluding hydrogens is 314 g/mol. The normalized spacial score (nSPS) is 15.7. The van der Waals surface area contributed by atoms with Crippen LogP contribution in [-0.4, -0.2) is 33.2 Å². The van der Waals surface area contributed by atoms with Crippen LogP contribution in [0.2, 0.25) is 0 Å². The summed E-state index contributed by atoms with van der Waals surface area (Å²) in [7, 11) is 0. The summed E-state index contributed by atoms with van der Waals surface area (Å²) >= 11 is 1.45. The van der Waals surface area contributed by atoms with Crippen LogP contribution in [0.4, 0.5) is 0 Å². The molecule has 1 aliphatic rings. The van der Waals surface area contributed by atoms with Crippen molar-refractivity contribution in [2.45, 2.75) is 51.6 Å². The molecule has 0 atom stereocenters. The summed E-state index contributed by atoms with van der Waals surface area (Å²) in [5, 5.41) is 6.04. The zero-order valence-electron chi connectivity index (χ0n) is 13.2. The smallest absolute Gasteiger partial charge is 0.387 e. The van der Waals surface area contributed by atoms with Gasteiger partial charge in [-0.25, -0.2) is 4.79 Å². The fourth-order valence-corrected chi connectivity index (χ4v) is 3.80. The van der Waals surface area contributed by atoms with Gasteiger partial charge in [-0.1, -0.05) is 25.3 Å². The maximum Gasteiger partial charge on any atom is 0.437 e. The number of thiophene rings is 1. The quantitative estimate of drug-likeness (QED) is 0.842. The predicted molar refractivity (Wildman–Crippen MR) is 88.3 cm³/mol. The number of rotatable bonds is 5. The Hall–Kier alpha value is -1.89. The van der Waals surface area contributed by atoms with Crippen LogP contribution in [0, 0.1) is 0 Å². The highest BCUT2D eigenvalue weighted by Gasteiger charge is 2.25. The van der Waals surface area contributed by atoms with E-state index < -0.39 is 5.76 Å². The molecule has 0 aromatic carbocycles. The van der Waals surface area contributed by atoms with E-state index in [4.69, 9.17) is 4.42 Å². The van der Waals surface area contributed by atoms with Gasteiger partial charge >= 0.3 is 5.76 Å². The molecule has 3 rings (SSSR count). The molecule has 2 heterocycles. The topological polar surface area (TPSA) is 68.3 Å². The van der Waals surface area contributed by atoms with Gasteiger partial charge in [0, 0.05) is 12.6 Å². The van der Waals surface area contributed by atoms with Gasteiger partial charge in [0.15, 0.2) is 0 Å². The third-order valence-electron chi connectivity index (χ3n) is 4.30. The largest absolute Gasteiger partial charge is 0.437 e. The van der Waals surface area contributed by atoms with Crippen molar-refractivity contribution in [2.75, 3.05) is 6.54 Å². The van der Waals surface area contributed by atoms with Gasteiger partial charge in [0.25, 0.3) is 5.89 Å². The number of likely N-dealkylation sites (N-methyl/N-ethyl adjacent to an activating group) is 1. The van der Waals surface area contributed by atoms with E-state index in [0.717, 1.165) is 22.4 Å². The number of carbonyl (C=O) groups excluding carboxylic acids is 1. The van der Waals surface area contributed by atoms with Crippen LogP contribution in [0.25, 0.3) is 10.8 Å².